The molecule has 1 heterocycles. The van der Waals surface area contributed by atoms with Crippen LogP contribution in [0.1, 0.15) is 6.92 Å². The zero-order valence-electron chi connectivity index (χ0n) is 11.4. The van der Waals surface area contributed by atoms with Gasteiger partial charge in [-0.25, -0.2) is 4.68 Å². The van der Waals surface area contributed by atoms with Crippen LogP contribution in [0.25, 0.3) is 0 Å². The van der Waals surface area contributed by atoms with E-state index in [4.69, 9.17) is 22.2 Å². The third-order valence-corrected chi connectivity index (χ3v) is 3.98. The summed E-state index contributed by atoms with van der Waals surface area (Å²) in [5.74, 6) is 5.96. The molecule has 0 bridgehead atoms. The monoisotopic (exact) mass is 327 g/mol. The third-order valence-electron chi connectivity index (χ3n) is 2.61. The quantitative estimate of drug-likeness (QED) is 0.642. The van der Waals surface area contributed by atoms with Crippen LogP contribution in [0.5, 0.6) is 5.75 Å². The number of methoxy groups -OCH3 is 1. The SMILES string of the molecule is COc1ccc(NC(=O)[C@H](C)Sc2nncn2N)cc1Cl. The molecule has 21 heavy (non-hydrogen) atoms. The Bertz CT molecular complexity index is 648. The van der Waals surface area contributed by atoms with Crippen LogP contribution in [0, 0.1) is 0 Å². The van der Waals surface area contributed by atoms with Gasteiger partial charge in [-0.15, -0.1) is 10.2 Å². The van der Waals surface area contributed by atoms with Crippen molar-refractivity contribution in [2.75, 3.05) is 18.3 Å². The van der Waals surface area contributed by atoms with Gasteiger partial charge in [0.1, 0.15) is 12.1 Å². The molecule has 1 aromatic carbocycles. The number of ether oxygens (including phenoxy) is 1. The van der Waals surface area contributed by atoms with Crippen LogP contribution < -0.4 is 15.9 Å². The molecule has 1 aromatic heterocycles. The summed E-state index contributed by atoms with van der Waals surface area (Å²) in [5, 5.41) is 10.7. The fourth-order valence-corrected chi connectivity index (χ4v) is 2.52. The predicted molar refractivity (Wildman–Crippen MR) is 82.1 cm³/mol. The molecule has 0 aliphatic heterocycles. The van der Waals surface area contributed by atoms with Gasteiger partial charge < -0.3 is 15.9 Å². The van der Waals surface area contributed by atoms with Crippen LogP contribution in [-0.4, -0.2) is 33.1 Å². The predicted octanol–water partition coefficient (Wildman–Crippen LogP) is 1.77. The molecule has 0 spiro atoms. The second-order valence-corrected chi connectivity index (χ2v) is 5.83. The number of carbonyl (C=O) groups is 1. The normalized spacial score (nSPS) is 12.0. The molecule has 0 radical (unpaired) electrons. The van der Waals surface area contributed by atoms with Crippen molar-refractivity contribution in [3.63, 3.8) is 0 Å². The number of thioether (sulfide) groups is 1. The Hall–Kier alpha value is -1.93. The number of nitrogens with two attached hydrogens (primary N) is 1. The first kappa shape index (κ1) is 15.5. The summed E-state index contributed by atoms with van der Waals surface area (Å²) in [6, 6.07) is 5.03. The number of nitrogens with one attached hydrogen (secondary N) is 1. The van der Waals surface area contributed by atoms with Gasteiger partial charge in [0.2, 0.25) is 11.1 Å². The summed E-state index contributed by atoms with van der Waals surface area (Å²) in [5.41, 5.74) is 0.590. The van der Waals surface area contributed by atoms with Crippen LogP contribution in [-0.2, 0) is 4.79 Å². The smallest absolute Gasteiger partial charge is 0.237 e. The third kappa shape index (κ3) is 3.79. The van der Waals surface area contributed by atoms with Gasteiger partial charge in [-0.3, -0.25) is 4.79 Å². The topological polar surface area (TPSA) is 95.1 Å². The summed E-state index contributed by atoms with van der Waals surface area (Å²) in [6.07, 6.45) is 1.37. The first-order valence-corrected chi connectivity index (χ1v) is 7.23. The Kier molecular flexibility index (Phi) is 4.92. The van der Waals surface area contributed by atoms with Crippen molar-refractivity contribution in [3.05, 3.63) is 29.5 Å². The van der Waals surface area contributed by atoms with Crippen LogP contribution in [0.15, 0.2) is 29.7 Å². The van der Waals surface area contributed by atoms with Gasteiger partial charge in [0.15, 0.2) is 0 Å². The number of benzene rings is 1. The van der Waals surface area contributed by atoms with E-state index in [1.165, 1.54) is 29.9 Å². The Morgan fingerprint density at radius 2 is 2.33 bits per heavy atom. The van der Waals surface area contributed by atoms with Crippen molar-refractivity contribution in [1.29, 1.82) is 0 Å². The number of hydrogen-bond acceptors (Lipinski definition) is 6. The Balaban J connectivity index is 2.00. The number of hydrogen-bond donors (Lipinski definition) is 2. The second kappa shape index (κ2) is 6.68. The number of anilines is 1. The van der Waals surface area contributed by atoms with Crippen LogP contribution in [0.3, 0.4) is 0 Å². The van der Waals surface area contributed by atoms with Crippen molar-refractivity contribution in [2.45, 2.75) is 17.3 Å². The van der Waals surface area contributed by atoms with Gasteiger partial charge in [-0.05, 0) is 25.1 Å². The summed E-state index contributed by atoms with van der Waals surface area (Å²) >= 11 is 7.22. The minimum absolute atomic E-state index is 0.191. The molecule has 0 aliphatic carbocycles. The molecule has 0 aliphatic rings. The van der Waals surface area contributed by atoms with E-state index in [-0.39, 0.29) is 5.91 Å². The van der Waals surface area contributed by atoms with Gasteiger partial charge in [0, 0.05) is 5.69 Å². The number of nitrogen functional groups attached to an aromatic ring is 1. The minimum Gasteiger partial charge on any atom is -0.495 e. The summed E-state index contributed by atoms with van der Waals surface area (Å²) in [4.78, 5) is 12.1. The number of aromatic nitrogens is 3. The molecule has 2 rings (SSSR count). The first-order valence-electron chi connectivity index (χ1n) is 5.97. The van der Waals surface area contributed by atoms with E-state index in [1.54, 1.807) is 25.1 Å². The minimum atomic E-state index is -0.391. The molecule has 0 unspecified atom stereocenters. The summed E-state index contributed by atoms with van der Waals surface area (Å²) < 4.78 is 6.32. The molecule has 0 saturated heterocycles. The standard InChI is InChI=1S/C12H14ClN5O2S/c1-7(21-12-17-15-6-18(12)14)11(19)16-8-3-4-10(20-2)9(13)5-8/h3-7H,14H2,1-2H3,(H,16,19)/t7-/m0/s1. The van der Waals surface area contributed by atoms with E-state index < -0.39 is 5.25 Å². The molecule has 0 saturated carbocycles. The number of amides is 1. The average Bonchev–Trinajstić information content (AvgIpc) is 2.84. The Morgan fingerprint density at radius 1 is 1.57 bits per heavy atom. The van der Waals surface area contributed by atoms with Crippen molar-refractivity contribution >= 4 is 35.0 Å². The van der Waals surface area contributed by atoms with Gasteiger partial charge >= 0.3 is 0 Å². The highest BCUT2D eigenvalue weighted by Crippen LogP contribution is 2.28. The van der Waals surface area contributed by atoms with Gasteiger partial charge in [-0.2, -0.15) is 0 Å². The van der Waals surface area contributed by atoms with Crippen LogP contribution >= 0.6 is 23.4 Å². The molecule has 1 atom stereocenters. The Labute approximate surface area is 130 Å². The van der Waals surface area contributed by atoms with Gasteiger partial charge in [0.25, 0.3) is 0 Å². The molecule has 9 heteroatoms. The molecular weight excluding hydrogens is 314 g/mol. The highest BCUT2D eigenvalue weighted by Gasteiger charge is 2.18. The van der Waals surface area contributed by atoms with Crippen molar-refractivity contribution < 1.29 is 9.53 Å². The Morgan fingerprint density at radius 3 is 2.90 bits per heavy atom. The van der Waals surface area contributed by atoms with Gasteiger partial charge in [-0.1, -0.05) is 23.4 Å². The first-order chi connectivity index (χ1) is 10.0. The largest absolute Gasteiger partial charge is 0.495 e. The lowest BCUT2D eigenvalue weighted by molar-refractivity contribution is -0.115. The summed E-state index contributed by atoms with van der Waals surface area (Å²) in [7, 11) is 1.53. The molecule has 7 nitrogen and oxygen atoms in total. The van der Waals surface area contributed by atoms with E-state index in [9.17, 15) is 4.79 Å². The molecule has 1 amide bonds. The van der Waals surface area contributed by atoms with Crippen molar-refractivity contribution in [1.82, 2.24) is 14.9 Å². The van der Waals surface area contributed by atoms with Crippen LogP contribution in [0.4, 0.5) is 5.69 Å². The molecule has 2 aromatic rings. The number of nitrogens with zero attached hydrogens (tertiary/aromatic N) is 3. The highest BCUT2D eigenvalue weighted by atomic mass is 35.5. The average molecular weight is 328 g/mol. The lowest BCUT2D eigenvalue weighted by Gasteiger charge is -2.12. The van der Waals surface area contributed by atoms with E-state index >= 15 is 0 Å². The molecule has 112 valence electrons. The van der Waals surface area contributed by atoms with Crippen molar-refractivity contribution in [2.24, 2.45) is 0 Å². The van der Waals surface area contributed by atoms with Crippen molar-refractivity contribution in [3.8, 4) is 5.75 Å². The maximum absolute atomic E-state index is 12.1. The van der Waals surface area contributed by atoms with E-state index in [1.807, 2.05) is 0 Å². The zero-order valence-corrected chi connectivity index (χ0v) is 13.0. The fourth-order valence-electron chi connectivity index (χ4n) is 1.52. The molecule has 3 N–H and O–H groups in total. The number of rotatable bonds is 5. The number of carbonyl (C=O) groups excluding carboxylic acids is 1. The maximum Gasteiger partial charge on any atom is 0.237 e. The van der Waals surface area contributed by atoms with E-state index in [0.717, 1.165) is 0 Å². The van der Waals surface area contributed by atoms with Gasteiger partial charge in [0.05, 0.1) is 17.4 Å². The number of halogens is 1. The lowest BCUT2D eigenvalue weighted by Crippen LogP contribution is -2.23. The lowest BCUT2D eigenvalue weighted by atomic mass is 10.3. The summed E-state index contributed by atoms with van der Waals surface area (Å²) in [6.45, 7) is 1.75. The van der Waals surface area contributed by atoms with Crippen LogP contribution in [0.2, 0.25) is 5.02 Å². The maximum atomic E-state index is 12.1. The zero-order chi connectivity index (χ0) is 15.4. The molecule has 0 fully saturated rings. The highest BCUT2D eigenvalue weighted by molar-refractivity contribution is 8.00. The second-order valence-electron chi connectivity index (χ2n) is 4.12. The fraction of sp³-hybridized carbons (Fsp3) is 0.250. The molecular formula is C12H14ClN5O2S. The van der Waals surface area contributed by atoms with E-state index in [0.29, 0.717) is 21.6 Å². The van der Waals surface area contributed by atoms with E-state index in [2.05, 4.69) is 15.5 Å².